The van der Waals surface area contributed by atoms with Gasteiger partial charge in [-0.05, 0) is 98.4 Å². The maximum atomic E-state index is 11.3. The molecule has 0 saturated heterocycles. The Morgan fingerprint density at radius 1 is 0.227 bits per heavy atom. The number of benzene rings is 12. The highest BCUT2D eigenvalue weighted by atomic mass is 16.6. The average molecular weight is 877 g/mol. The molecule has 0 aromatic heterocycles. The van der Waals surface area contributed by atoms with E-state index in [0.29, 0.717) is 59.2 Å². The Bertz CT molecular complexity index is 3730. The van der Waals surface area contributed by atoms with Crippen molar-refractivity contribution < 1.29 is 29.5 Å². The van der Waals surface area contributed by atoms with Crippen LogP contribution in [0.3, 0.4) is 0 Å². The maximum absolute atomic E-state index is 11.3. The van der Waals surface area contributed by atoms with Crippen molar-refractivity contribution in [2.45, 2.75) is 0 Å². The van der Waals surface area contributed by atoms with E-state index < -0.39 is 29.5 Å². The van der Waals surface area contributed by atoms with Crippen molar-refractivity contribution in [3.05, 3.63) is 206 Å². The lowest BCUT2D eigenvalue weighted by Gasteiger charge is -2.10. The maximum Gasteiger partial charge on any atom is 0.284 e. The van der Waals surface area contributed by atoms with Gasteiger partial charge in [-0.1, -0.05) is 54.6 Å². The number of hydrogen-bond acceptors (Lipinski definition) is 12. The lowest BCUT2D eigenvalue weighted by Crippen LogP contribution is -1.96. The Balaban J connectivity index is 0.000000116. The van der Waals surface area contributed by atoms with Crippen LogP contribution < -0.4 is 0 Å². The summed E-state index contributed by atoms with van der Waals surface area (Å²) in [4.78, 5) is 64.6. The van der Waals surface area contributed by atoms with Crippen LogP contribution in [-0.2, 0) is 0 Å². The first kappa shape index (κ1) is 40.2. The van der Waals surface area contributed by atoms with Crippen molar-refractivity contribution >= 4 is 131 Å². The summed E-state index contributed by atoms with van der Waals surface area (Å²) in [6.07, 6.45) is 0. The molecule has 0 unspecified atom stereocenters. The fourth-order valence-corrected chi connectivity index (χ4v) is 9.27. The summed E-state index contributed by atoms with van der Waals surface area (Å²) in [5.74, 6) is 0. The van der Waals surface area contributed by atoms with Crippen LogP contribution in [0.2, 0.25) is 0 Å². The van der Waals surface area contributed by atoms with E-state index in [1.54, 1.807) is 72.8 Å². The molecule has 318 valence electrons. The minimum Gasteiger partial charge on any atom is -0.258 e. The Kier molecular flexibility index (Phi) is 9.09. The zero-order valence-corrected chi connectivity index (χ0v) is 33.4. The Morgan fingerprint density at radius 2 is 0.439 bits per heavy atom. The van der Waals surface area contributed by atoms with Crippen LogP contribution in [0.1, 0.15) is 0 Å². The average Bonchev–Trinajstić information content (AvgIpc) is 3.31. The van der Waals surface area contributed by atoms with Gasteiger partial charge in [0.15, 0.2) is 0 Å². The van der Waals surface area contributed by atoms with Crippen LogP contribution >= 0.6 is 0 Å². The fraction of sp³-hybridized carbons (Fsp3) is 0. The third kappa shape index (κ3) is 6.12. The van der Waals surface area contributed by atoms with Gasteiger partial charge in [-0.25, -0.2) is 0 Å². The monoisotopic (exact) mass is 876 g/mol. The van der Waals surface area contributed by atoms with Crippen molar-refractivity contribution in [3.63, 3.8) is 0 Å². The molecular formula is C48H24N6O12. The molecule has 0 amide bonds. The topological polar surface area (TPSA) is 259 Å². The molecule has 0 spiro atoms. The summed E-state index contributed by atoms with van der Waals surface area (Å²) in [6.45, 7) is 0. The van der Waals surface area contributed by atoms with E-state index in [1.807, 2.05) is 42.5 Å². The first-order chi connectivity index (χ1) is 31.7. The molecule has 12 aromatic rings. The van der Waals surface area contributed by atoms with Gasteiger partial charge in [-0.3, -0.25) is 60.7 Å². The van der Waals surface area contributed by atoms with E-state index in [4.69, 9.17) is 0 Å². The minimum atomic E-state index is -0.571. The van der Waals surface area contributed by atoms with Crippen molar-refractivity contribution in [1.29, 1.82) is 0 Å². The molecule has 0 aliphatic rings. The Hall–Kier alpha value is -9.84. The summed E-state index contributed by atoms with van der Waals surface area (Å²) in [7, 11) is 0. The third-order valence-corrected chi connectivity index (χ3v) is 12.0. The van der Waals surface area contributed by atoms with Crippen LogP contribution in [0.25, 0.3) is 97.0 Å². The van der Waals surface area contributed by atoms with Gasteiger partial charge in [-0.2, -0.15) is 0 Å². The molecule has 0 saturated carbocycles. The molecule has 18 heteroatoms. The number of nitrogens with zero attached hydrogens (tertiary/aromatic N) is 6. The lowest BCUT2D eigenvalue weighted by molar-refractivity contribution is -0.392. The largest absolute Gasteiger partial charge is 0.284 e. The Labute approximate surface area is 366 Å². The second-order valence-corrected chi connectivity index (χ2v) is 15.3. The van der Waals surface area contributed by atoms with Crippen LogP contribution in [0.5, 0.6) is 0 Å². The zero-order chi connectivity index (χ0) is 46.3. The predicted octanol–water partition coefficient (Wildman–Crippen LogP) is 13.2. The number of nitro groups is 6. The van der Waals surface area contributed by atoms with E-state index in [2.05, 4.69) is 0 Å². The van der Waals surface area contributed by atoms with Gasteiger partial charge in [0.25, 0.3) is 34.1 Å². The van der Waals surface area contributed by atoms with E-state index in [1.165, 1.54) is 24.3 Å². The summed E-state index contributed by atoms with van der Waals surface area (Å²) in [5, 5.41) is 79.7. The van der Waals surface area contributed by atoms with Crippen LogP contribution in [0, 0.1) is 60.7 Å². The normalized spacial score (nSPS) is 11.5. The summed E-state index contributed by atoms with van der Waals surface area (Å²) in [6, 6.07) is 40.1. The van der Waals surface area contributed by atoms with Crippen LogP contribution in [0.4, 0.5) is 34.1 Å². The van der Waals surface area contributed by atoms with Crippen molar-refractivity contribution in [3.8, 4) is 0 Å². The molecule has 12 aromatic carbocycles. The molecule has 66 heavy (non-hydrogen) atoms. The van der Waals surface area contributed by atoms with Gasteiger partial charge >= 0.3 is 0 Å². The molecule has 0 atom stereocenters. The number of non-ortho nitro benzene ring substituents is 6. The molecule has 0 aliphatic heterocycles. The molecule has 0 radical (unpaired) electrons. The lowest BCUT2D eigenvalue weighted by atomic mass is 9.93. The van der Waals surface area contributed by atoms with Gasteiger partial charge in [0.05, 0.1) is 67.9 Å². The second-order valence-electron chi connectivity index (χ2n) is 15.3. The molecule has 0 fully saturated rings. The smallest absolute Gasteiger partial charge is 0.258 e. The van der Waals surface area contributed by atoms with E-state index in [0.717, 1.165) is 43.8 Å². The molecule has 18 nitrogen and oxygen atoms in total. The minimum absolute atomic E-state index is 0.00778. The highest BCUT2D eigenvalue weighted by molar-refractivity contribution is 6.28. The highest BCUT2D eigenvalue weighted by Gasteiger charge is 2.26. The van der Waals surface area contributed by atoms with Gasteiger partial charge in [0.1, 0.15) is 0 Å². The molecule has 0 aliphatic carbocycles. The van der Waals surface area contributed by atoms with E-state index in [-0.39, 0.29) is 34.1 Å². The van der Waals surface area contributed by atoms with E-state index in [9.17, 15) is 60.7 Å². The number of hydrogen-bond donors (Lipinski definition) is 0. The number of nitro benzene ring substituents is 6. The van der Waals surface area contributed by atoms with Crippen molar-refractivity contribution in [1.82, 2.24) is 0 Å². The van der Waals surface area contributed by atoms with Crippen molar-refractivity contribution in [2.75, 3.05) is 0 Å². The van der Waals surface area contributed by atoms with Gasteiger partial charge in [0, 0.05) is 51.2 Å². The van der Waals surface area contributed by atoms with E-state index >= 15 is 0 Å². The predicted molar refractivity (Wildman–Crippen MR) is 250 cm³/mol. The van der Waals surface area contributed by atoms with Gasteiger partial charge < -0.3 is 0 Å². The van der Waals surface area contributed by atoms with Gasteiger partial charge in [0.2, 0.25) is 0 Å². The molecule has 12 rings (SSSR count). The summed E-state index contributed by atoms with van der Waals surface area (Å²) < 4.78 is 0. The summed E-state index contributed by atoms with van der Waals surface area (Å²) in [5.41, 5.74) is -0.446. The van der Waals surface area contributed by atoms with Crippen LogP contribution in [-0.4, -0.2) is 29.5 Å². The first-order valence-corrected chi connectivity index (χ1v) is 19.7. The quantitative estimate of drug-likeness (QED) is 0.0858. The zero-order valence-electron chi connectivity index (χ0n) is 33.4. The highest BCUT2D eigenvalue weighted by Crippen LogP contribution is 2.45. The fourth-order valence-electron chi connectivity index (χ4n) is 9.27. The van der Waals surface area contributed by atoms with Gasteiger partial charge in [-0.15, -0.1) is 0 Å². The van der Waals surface area contributed by atoms with Crippen molar-refractivity contribution in [2.24, 2.45) is 0 Å². The first-order valence-electron chi connectivity index (χ1n) is 19.7. The molecule has 0 bridgehead atoms. The second kappa shape index (κ2) is 14.9. The standard InChI is InChI=1S/3C16H8N2O4/c19-17(20)13-8-4-10-2-6-12-14(18(21)22)7-3-9-1-5-11(13)16(10)15(9)12;19-17(20)13-7-3-9-1-2-10-4-8-14(18(21)22)12-6-5-11(13)15(9)16(10)12;19-17(20)13-8-14(18(21)22)12-7-5-10-3-1-2-9-4-6-11(13)16(12)15(9)10/h3*1-8H. The molecular weight excluding hydrogens is 853 g/mol. The molecule has 0 heterocycles. The Morgan fingerprint density at radius 3 is 0.712 bits per heavy atom. The summed E-state index contributed by atoms with van der Waals surface area (Å²) >= 11 is 0. The third-order valence-electron chi connectivity index (χ3n) is 12.0. The van der Waals surface area contributed by atoms with Crippen LogP contribution in [0.15, 0.2) is 146 Å². The SMILES string of the molecule is O=[N+]([O-])c1cc([N+](=O)[O-])c2ccc3cccc4ccc1c2c43.O=[N+]([O-])c1ccc2ccc3c([N+](=O)[O-])ccc4ccc1c2c43.O=[N+]([O-])c1ccc2ccc3ccc([N+](=O)[O-])c4ccc1c2c34. The molecule has 0 N–H and O–H groups in total. The number of rotatable bonds is 6.